The highest BCUT2D eigenvalue weighted by atomic mass is 35.5. The third kappa shape index (κ3) is 4.18. The summed E-state index contributed by atoms with van der Waals surface area (Å²) in [6.07, 6.45) is 4.80. The second kappa shape index (κ2) is 9.29. The van der Waals surface area contributed by atoms with Crippen LogP contribution in [0.2, 0.25) is 5.02 Å². The lowest BCUT2D eigenvalue weighted by Crippen LogP contribution is -2.36. The van der Waals surface area contributed by atoms with Crippen LogP contribution in [0.25, 0.3) is 0 Å². The molecule has 1 fully saturated rings. The van der Waals surface area contributed by atoms with Crippen LogP contribution in [-0.2, 0) is 30.9 Å². The summed E-state index contributed by atoms with van der Waals surface area (Å²) < 4.78 is 9.07. The first-order valence-electron chi connectivity index (χ1n) is 11.4. The van der Waals surface area contributed by atoms with Gasteiger partial charge in [-0.15, -0.1) is 0 Å². The van der Waals surface area contributed by atoms with Crippen molar-refractivity contribution < 1.29 is 9.84 Å². The van der Waals surface area contributed by atoms with Crippen molar-refractivity contribution in [1.29, 1.82) is 0 Å². The maximum atomic E-state index is 12.9. The molecule has 3 aromatic rings. The van der Waals surface area contributed by atoms with Gasteiger partial charge in [0.05, 0.1) is 30.7 Å². The number of rotatable bonds is 5. The van der Waals surface area contributed by atoms with Crippen molar-refractivity contribution in [1.82, 2.24) is 19.6 Å². The van der Waals surface area contributed by atoms with Crippen molar-refractivity contribution >= 4 is 17.3 Å². The van der Waals surface area contributed by atoms with Gasteiger partial charge in [0.1, 0.15) is 5.02 Å². The lowest BCUT2D eigenvalue weighted by atomic mass is 10.0. The monoisotopic (exact) mass is 469 g/mol. The Morgan fingerprint density at radius 2 is 2.12 bits per heavy atom. The van der Waals surface area contributed by atoms with Crippen molar-refractivity contribution in [3.8, 4) is 0 Å². The number of nitrogens with zero attached hydrogens (tertiary/aromatic N) is 5. The predicted octanol–water partition coefficient (Wildman–Crippen LogP) is 3.20. The molecule has 33 heavy (non-hydrogen) atoms. The van der Waals surface area contributed by atoms with Crippen LogP contribution in [0, 0.1) is 6.92 Å². The fraction of sp³-hybridized carbons (Fsp3) is 0.458. The van der Waals surface area contributed by atoms with Crippen LogP contribution in [0.3, 0.4) is 0 Å². The zero-order valence-electron chi connectivity index (χ0n) is 18.7. The fourth-order valence-electron chi connectivity index (χ4n) is 4.75. The summed E-state index contributed by atoms with van der Waals surface area (Å²) in [4.78, 5) is 15.0. The molecule has 0 bridgehead atoms. The Morgan fingerprint density at radius 3 is 2.88 bits per heavy atom. The van der Waals surface area contributed by atoms with Crippen LogP contribution < -0.4 is 10.5 Å². The quantitative estimate of drug-likeness (QED) is 0.617. The van der Waals surface area contributed by atoms with E-state index in [0.717, 1.165) is 36.9 Å². The zero-order valence-corrected chi connectivity index (χ0v) is 19.5. The number of aliphatic hydroxyl groups excluding tert-OH is 1. The molecule has 1 saturated heterocycles. The number of ether oxygens (including phenoxy) is 1. The van der Waals surface area contributed by atoms with Crippen LogP contribution in [-0.4, -0.2) is 37.8 Å². The van der Waals surface area contributed by atoms with E-state index in [2.05, 4.69) is 24.2 Å². The number of aromatic nitrogens is 4. The molecule has 2 aliphatic rings. The van der Waals surface area contributed by atoms with E-state index in [9.17, 15) is 9.90 Å². The normalized spacial score (nSPS) is 18.4. The summed E-state index contributed by atoms with van der Waals surface area (Å²) in [6, 6.07) is 8.26. The Balaban J connectivity index is 1.42. The maximum Gasteiger partial charge on any atom is 0.290 e. The standard InChI is InChI=1S/C24H28ClN5O3/c1-16-6-2-3-7-17(16)13-29-20-9-10-28(14-18(20)19(15-31)27-29)21-12-26-30(24(32)23(21)25)22-8-4-5-11-33-22/h2-3,6-7,12,22,31H,4-5,8-11,13-15H2,1H3. The molecule has 5 rings (SSSR count). The SMILES string of the molecule is Cc1ccccc1Cn1nc(CO)c2c1CCN(c1cnn(C3CCCCO3)c(=O)c1Cl)C2. The highest BCUT2D eigenvalue weighted by Gasteiger charge is 2.28. The number of aryl methyl sites for hydroxylation is 1. The van der Waals surface area contributed by atoms with Crippen LogP contribution >= 0.6 is 11.6 Å². The van der Waals surface area contributed by atoms with Gasteiger partial charge in [-0.2, -0.15) is 14.9 Å². The number of aliphatic hydroxyl groups is 1. The summed E-state index contributed by atoms with van der Waals surface area (Å²) in [5, 5.41) is 19.2. The number of anilines is 1. The van der Waals surface area contributed by atoms with Crippen molar-refractivity contribution in [2.75, 3.05) is 18.1 Å². The van der Waals surface area contributed by atoms with Gasteiger partial charge in [0.2, 0.25) is 0 Å². The van der Waals surface area contributed by atoms with E-state index in [1.54, 1.807) is 6.20 Å². The molecule has 1 atom stereocenters. The van der Waals surface area contributed by atoms with E-state index < -0.39 is 0 Å². The summed E-state index contributed by atoms with van der Waals surface area (Å²) in [6.45, 7) is 4.45. The largest absolute Gasteiger partial charge is 0.390 e. The van der Waals surface area contributed by atoms with Gasteiger partial charge < -0.3 is 14.7 Å². The number of halogens is 1. The molecular formula is C24H28ClN5O3. The van der Waals surface area contributed by atoms with Gasteiger partial charge in [-0.05, 0) is 37.3 Å². The Hall–Kier alpha value is -2.68. The molecule has 4 heterocycles. The van der Waals surface area contributed by atoms with E-state index in [1.165, 1.54) is 15.8 Å². The second-order valence-electron chi connectivity index (χ2n) is 8.70. The zero-order chi connectivity index (χ0) is 22.9. The molecule has 1 unspecified atom stereocenters. The molecule has 0 saturated carbocycles. The molecule has 8 nitrogen and oxygen atoms in total. The van der Waals surface area contributed by atoms with Crippen molar-refractivity contribution in [2.24, 2.45) is 0 Å². The Bertz CT molecular complexity index is 1220. The first-order chi connectivity index (χ1) is 16.1. The molecule has 2 aliphatic heterocycles. The van der Waals surface area contributed by atoms with Gasteiger partial charge in [-0.3, -0.25) is 9.48 Å². The molecule has 1 aromatic carbocycles. The molecule has 174 valence electrons. The fourth-order valence-corrected chi connectivity index (χ4v) is 5.01. The van der Waals surface area contributed by atoms with Crippen molar-refractivity contribution in [3.63, 3.8) is 0 Å². The first kappa shape index (κ1) is 22.1. The third-order valence-electron chi connectivity index (χ3n) is 6.64. The van der Waals surface area contributed by atoms with Gasteiger partial charge in [-0.1, -0.05) is 35.9 Å². The predicted molar refractivity (Wildman–Crippen MR) is 126 cm³/mol. The minimum atomic E-state index is -0.355. The molecule has 1 N–H and O–H groups in total. The van der Waals surface area contributed by atoms with Gasteiger partial charge in [0.15, 0.2) is 6.23 Å². The topological polar surface area (TPSA) is 85.4 Å². The van der Waals surface area contributed by atoms with Crippen LogP contribution in [0.1, 0.15) is 53.6 Å². The molecule has 0 radical (unpaired) electrons. The Kier molecular flexibility index (Phi) is 6.23. The molecule has 0 spiro atoms. The molecule has 0 aliphatic carbocycles. The second-order valence-corrected chi connectivity index (χ2v) is 9.08. The van der Waals surface area contributed by atoms with Crippen LogP contribution in [0.15, 0.2) is 35.3 Å². The van der Waals surface area contributed by atoms with E-state index in [-0.39, 0.29) is 23.4 Å². The number of fused-ring (bicyclic) bond motifs is 1. The average molecular weight is 470 g/mol. The van der Waals surface area contributed by atoms with E-state index in [0.29, 0.717) is 37.6 Å². The van der Waals surface area contributed by atoms with E-state index in [4.69, 9.17) is 21.4 Å². The minimum absolute atomic E-state index is 0.135. The molecular weight excluding hydrogens is 442 g/mol. The average Bonchev–Trinajstić information content (AvgIpc) is 3.19. The molecule has 9 heteroatoms. The molecule has 2 aromatic heterocycles. The Morgan fingerprint density at radius 1 is 1.27 bits per heavy atom. The van der Waals surface area contributed by atoms with Crippen molar-refractivity contribution in [2.45, 2.75) is 58.5 Å². The van der Waals surface area contributed by atoms with Gasteiger partial charge in [0.25, 0.3) is 5.56 Å². The highest BCUT2D eigenvalue weighted by Crippen LogP contribution is 2.31. The van der Waals surface area contributed by atoms with Crippen LogP contribution in [0.4, 0.5) is 5.69 Å². The smallest absolute Gasteiger partial charge is 0.290 e. The summed E-state index contributed by atoms with van der Waals surface area (Å²) in [5.74, 6) is 0. The van der Waals surface area contributed by atoms with Gasteiger partial charge >= 0.3 is 0 Å². The van der Waals surface area contributed by atoms with E-state index in [1.807, 2.05) is 21.7 Å². The molecule has 0 amide bonds. The third-order valence-corrected chi connectivity index (χ3v) is 7.00. The van der Waals surface area contributed by atoms with E-state index >= 15 is 0 Å². The lowest BCUT2D eigenvalue weighted by molar-refractivity contribution is -0.0424. The van der Waals surface area contributed by atoms with Gasteiger partial charge in [-0.25, -0.2) is 0 Å². The lowest BCUT2D eigenvalue weighted by Gasteiger charge is -2.31. The minimum Gasteiger partial charge on any atom is -0.390 e. The number of benzene rings is 1. The Labute approximate surface area is 197 Å². The number of hydrogen-bond donors (Lipinski definition) is 1. The summed E-state index contributed by atoms with van der Waals surface area (Å²) in [7, 11) is 0. The van der Waals surface area contributed by atoms with Crippen LogP contribution in [0.5, 0.6) is 0 Å². The summed E-state index contributed by atoms with van der Waals surface area (Å²) >= 11 is 6.54. The van der Waals surface area contributed by atoms with Crippen molar-refractivity contribution in [3.05, 3.63) is 73.9 Å². The first-order valence-corrected chi connectivity index (χ1v) is 11.8. The highest BCUT2D eigenvalue weighted by molar-refractivity contribution is 6.33. The van der Waals surface area contributed by atoms with Gasteiger partial charge in [0, 0.05) is 37.4 Å². The maximum absolute atomic E-state index is 12.9. The number of hydrogen-bond acceptors (Lipinski definition) is 6. The summed E-state index contributed by atoms with van der Waals surface area (Å²) in [5.41, 5.74) is 5.47.